The van der Waals surface area contributed by atoms with Crippen molar-refractivity contribution in [3.8, 4) is 11.4 Å². The summed E-state index contributed by atoms with van der Waals surface area (Å²) in [5.74, 6) is -0.868. The van der Waals surface area contributed by atoms with E-state index < -0.39 is 40.9 Å². The van der Waals surface area contributed by atoms with Gasteiger partial charge in [0.05, 0.1) is 18.5 Å². The highest BCUT2D eigenvalue weighted by Gasteiger charge is 2.43. The lowest BCUT2D eigenvalue weighted by molar-refractivity contribution is -0.141. The number of carbonyl (C=O) groups excluding carboxylic acids is 1. The SMILES string of the molecule is Cn1nc(-c2cnc3n2CCOC3)c(C(F)(F)F)c1C(=O)Nc1ccnc(C(F)(F)F)c1. The summed E-state index contributed by atoms with van der Waals surface area (Å²) in [6, 6.07) is 1.56. The van der Waals surface area contributed by atoms with E-state index in [2.05, 4.69) is 20.4 Å². The third kappa shape index (κ3) is 3.92. The zero-order valence-electron chi connectivity index (χ0n) is 16.3. The Morgan fingerprint density at radius 3 is 2.59 bits per heavy atom. The average molecular weight is 460 g/mol. The van der Waals surface area contributed by atoms with Crippen LogP contribution in [0.1, 0.15) is 27.6 Å². The minimum absolute atomic E-state index is 0.0496. The molecule has 8 nitrogen and oxygen atoms in total. The molecule has 4 rings (SSSR count). The van der Waals surface area contributed by atoms with Gasteiger partial charge in [-0.15, -0.1) is 0 Å². The summed E-state index contributed by atoms with van der Waals surface area (Å²) >= 11 is 0. The van der Waals surface area contributed by atoms with Crippen molar-refractivity contribution in [2.75, 3.05) is 11.9 Å². The number of nitrogens with zero attached hydrogens (tertiary/aromatic N) is 5. The fourth-order valence-corrected chi connectivity index (χ4v) is 3.37. The number of aromatic nitrogens is 5. The number of fused-ring (bicyclic) bond motifs is 1. The van der Waals surface area contributed by atoms with Gasteiger partial charge >= 0.3 is 12.4 Å². The summed E-state index contributed by atoms with van der Waals surface area (Å²) in [5.41, 5.74) is -4.32. The molecule has 3 aromatic heterocycles. The molecule has 1 amide bonds. The third-order valence-corrected chi connectivity index (χ3v) is 4.73. The van der Waals surface area contributed by atoms with Gasteiger partial charge in [-0.2, -0.15) is 31.4 Å². The smallest absolute Gasteiger partial charge is 0.372 e. The van der Waals surface area contributed by atoms with Crippen LogP contribution in [0, 0.1) is 0 Å². The Hall–Kier alpha value is -3.42. The molecule has 0 radical (unpaired) electrons. The van der Waals surface area contributed by atoms with Gasteiger partial charge in [0.2, 0.25) is 0 Å². The van der Waals surface area contributed by atoms with Gasteiger partial charge in [0.25, 0.3) is 5.91 Å². The Morgan fingerprint density at radius 2 is 1.91 bits per heavy atom. The molecule has 0 saturated heterocycles. The lowest BCUT2D eigenvalue weighted by Crippen LogP contribution is -2.22. The molecule has 1 N–H and O–H groups in total. The molecule has 0 aromatic carbocycles. The van der Waals surface area contributed by atoms with E-state index in [9.17, 15) is 31.1 Å². The van der Waals surface area contributed by atoms with Crippen LogP contribution in [-0.2, 0) is 37.3 Å². The van der Waals surface area contributed by atoms with E-state index >= 15 is 0 Å². The molecule has 170 valence electrons. The molecule has 0 unspecified atom stereocenters. The number of anilines is 1. The van der Waals surface area contributed by atoms with Crippen molar-refractivity contribution in [3.05, 3.63) is 47.3 Å². The van der Waals surface area contributed by atoms with Gasteiger partial charge in [-0.1, -0.05) is 0 Å². The molecular formula is C18H14F6N6O2. The first-order valence-electron chi connectivity index (χ1n) is 9.08. The van der Waals surface area contributed by atoms with Crippen LogP contribution < -0.4 is 5.32 Å². The summed E-state index contributed by atoms with van der Waals surface area (Å²) in [4.78, 5) is 19.9. The molecule has 1 aliphatic heterocycles. The van der Waals surface area contributed by atoms with Crippen LogP contribution in [0.2, 0.25) is 0 Å². The molecule has 0 atom stereocenters. The van der Waals surface area contributed by atoms with Crippen LogP contribution in [0.3, 0.4) is 0 Å². The monoisotopic (exact) mass is 460 g/mol. The van der Waals surface area contributed by atoms with Crippen molar-refractivity contribution in [1.82, 2.24) is 24.3 Å². The van der Waals surface area contributed by atoms with Crippen LogP contribution in [0.15, 0.2) is 24.5 Å². The predicted octanol–water partition coefficient (Wildman–Crippen LogP) is 3.50. The lowest BCUT2D eigenvalue weighted by Gasteiger charge is -2.17. The molecular weight excluding hydrogens is 446 g/mol. The van der Waals surface area contributed by atoms with Crippen LogP contribution in [0.5, 0.6) is 0 Å². The zero-order valence-corrected chi connectivity index (χ0v) is 16.3. The Bertz CT molecular complexity index is 1180. The Balaban J connectivity index is 1.77. The zero-order chi connectivity index (χ0) is 23.3. The summed E-state index contributed by atoms with van der Waals surface area (Å²) in [7, 11) is 1.14. The fraction of sp³-hybridized carbons (Fsp3) is 0.333. The molecule has 4 heterocycles. The number of aryl methyl sites for hydroxylation is 1. The van der Waals surface area contributed by atoms with Crippen molar-refractivity contribution in [2.45, 2.75) is 25.5 Å². The minimum atomic E-state index is -4.98. The van der Waals surface area contributed by atoms with Crippen molar-refractivity contribution in [1.29, 1.82) is 0 Å². The number of nitrogens with one attached hydrogen (secondary N) is 1. The topological polar surface area (TPSA) is 86.9 Å². The van der Waals surface area contributed by atoms with Crippen molar-refractivity contribution in [3.63, 3.8) is 0 Å². The van der Waals surface area contributed by atoms with Gasteiger partial charge in [-0.25, -0.2) is 4.98 Å². The third-order valence-electron chi connectivity index (χ3n) is 4.73. The maximum Gasteiger partial charge on any atom is 0.433 e. The number of halogens is 6. The molecule has 0 spiro atoms. The van der Waals surface area contributed by atoms with Crippen LogP contribution in [-0.4, -0.2) is 36.8 Å². The number of rotatable bonds is 3. The molecule has 14 heteroatoms. The van der Waals surface area contributed by atoms with E-state index in [0.717, 1.165) is 24.0 Å². The predicted molar refractivity (Wildman–Crippen MR) is 96.3 cm³/mol. The van der Waals surface area contributed by atoms with Gasteiger partial charge < -0.3 is 14.6 Å². The first kappa shape index (κ1) is 21.8. The first-order valence-corrected chi connectivity index (χ1v) is 9.08. The van der Waals surface area contributed by atoms with E-state index in [1.54, 1.807) is 0 Å². The Morgan fingerprint density at radius 1 is 1.16 bits per heavy atom. The average Bonchev–Trinajstić information content (AvgIpc) is 3.28. The molecule has 0 saturated carbocycles. The summed E-state index contributed by atoms with van der Waals surface area (Å²) in [6.45, 7) is 0.629. The first-order chi connectivity index (χ1) is 15.0. The number of pyridine rings is 1. The quantitative estimate of drug-likeness (QED) is 0.605. The number of hydrogen-bond acceptors (Lipinski definition) is 5. The maximum atomic E-state index is 14.0. The molecule has 0 aliphatic carbocycles. The van der Waals surface area contributed by atoms with Crippen molar-refractivity contribution in [2.24, 2.45) is 7.05 Å². The second-order valence-electron chi connectivity index (χ2n) is 6.84. The maximum absolute atomic E-state index is 14.0. The van der Waals surface area contributed by atoms with Crippen LogP contribution in [0.4, 0.5) is 32.0 Å². The van der Waals surface area contributed by atoms with Crippen molar-refractivity contribution >= 4 is 11.6 Å². The molecule has 3 aromatic rings. The largest absolute Gasteiger partial charge is 0.433 e. The number of ether oxygens (including phenoxy) is 1. The normalized spacial score (nSPS) is 14.3. The highest BCUT2D eigenvalue weighted by molar-refractivity contribution is 6.05. The Kier molecular flexibility index (Phi) is 5.19. The van der Waals surface area contributed by atoms with E-state index in [0.29, 0.717) is 11.9 Å². The second-order valence-corrected chi connectivity index (χ2v) is 6.84. The minimum Gasteiger partial charge on any atom is -0.372 e. The summed E-state index contributed by atoms with van der Waals surface area (Å²) < 4.78 is 88.1. The van der Waals surface area contributed by atoms with Crippen molar-refractivity contribution < 1.29 is 35.9 Å². The van der Waals surface area contributed by atoms with E-state index in [1.165, 1.54) is 10.8 Å². The highest BCUT2D eigenvalue weighted by atomic mass is 19.4. The van der Waals surface area contributed by atoms with Gasteiger partial charge in [0.1, 0.15) is 35.1 Å². The van der Waals surface area contributed by atoms with E-state index in [-0.39, 0.29) is 31.1 Å². The highest BCUT2D eigenvalue weighted by Crippen LogP contribution is 2.40. The van der Waals surface area contributed by atoms with Gasteiger partial charge in [-0.3, -0.25) is 14.5 Å². The van der Waals surface area contributed by atoms with Gasteiger partial charge in [0, 0.05) is 25.5 Å². The summed E-state index contributed by atoms with van der Waals surface area (Å²) in [5, 5.41) is 5.95. The van der Waals surface area contributed by atoms with Gasteiger partial charge in [0.15, 0.2) is 0 Å². The lowest BCUT2D eigenvalue weighted by atomic mass is 10.1. The fourth-order valence-electron chi connectivity index (χ4n) is 3.37. The molecule has 1 aliphatic rings. The molecule has 32 heavy (non-hydrogen) atoms. The molecule has 0 bridgehead atoms. The standard InChI is InChI=1S/C18H14F6N6O2/c1-29-15(16(31)27-9-2-3-25-11(6-9)17(19,20)21)13(18(22,23)24)14(28-29)10-7-26-12-8-32-5-4-30(10)12/h2-3,6-7H,4-5,8H2,1H3,(H,25,27,31). The molecule has 0 fully saturated rings. The number of alkyl halides is 6. The summed E-state index contributed by atoms with van der Waals surface area (Å²) in [6.07, 6.45) is -7.77. The number of hydrogen-bond donors (Lipinski definition) is 1. The number of amides is 1. The van der Waals surface area contributed by atoms with E-state index in [4.69, 9.17) is 4.74 Å². The van der Waals surface area contributed by atoms with Crippen LogP contribution in [0.25, 0.3) is 11.4 Å². The van der Waals surface area contributed by atoms with Crippen LogP contribution >= 0.6 is 0 Å². The number of carbonyl (C=O) groups is 1. The van der Waals surface area contributed by atoms with Gasteiger partial charge in [-0.05, 0) is 12.1 Å². The number of imidazole rings is 1. The van der Waals surface area contributed by atoms with E-state index in [1.807, 2.05) is 0 Å². The Labute approximate surface area is 175 Å². The second kappa shape index (κ2) is 7.62.